The predicted molar refractivity (Wildman–Crippen MR) is 125 cm³/mol. The summed E-state index contributed by atoms with van der Waals surface area (Å²) in [6.45, 7) is 8.61. The Morgan fingerprint density at radius 3 is 2.87 bits per heavy atom. The average molecular weight is 426 g/mol. The fourth-order valence-corrected chi connectivity index (χ4v) is 9.37. The molecular weight excluding hydrogens is 382 g/mol. The molecule has 0 aromatic rings. The van der Waals surface area contributed by atoms with Gasteiger partial charge in [-0.2, -0.15) is 0 Å². The Labute approximate surface area is 189 Å². The second-order valence-corrected chi connectivity index (χ2v) is 12.7. The molecule has 2 heterocycles. The third-order valence-corrected chi connectivity index (χ3v) is 10.8. The molecule has 31 heavy (non-hydrogen) atoms. The zero-order valence-electron chi connectivity index (χ0n) is 20.2. The Bertz CT molecular complexity index is 816. The number of ether oxygens (including phenoxy) is 1. The number of likely N-dealkylation sites (N-methyl/N-ethyl adjacent to an activating group) is 1. The van der Waals surface area contributed by atoms with Crippen LogP contribution in [0.25, 0.3) is 0 Å². The minimum atomic E-state index is -0.198. The molecule has 2 aliphatic heterocycles. The van der Waals surface area contributed by atoms with Gasteiger partial charge < -0.3 is 14.7 Å². The maximum Gasteiger partial charge on any atom is 0.0741 e. The lowest BCUT2D eigenvalue weighted by atomic mass is 9.56. The quantitative estimate of drug-likeness (QED) is 0.521. The number of likely N-dealkylation sites (tertiary alicyclic amines) is 1. The van der Waals surface area contributed by atoms with Crippen molar-refractivity contribution < 1.29 is 9.84 Å². The van der Waals surface area contributed by atoms with Crippen LogP contribution in [0.4, 0.5) is 0 Å². The molecule has 0 amide bonds. The highest BCUT2D eigenvalue weighted by Crippen LogP contribution is 2.64. The van der Waals surface area contributed by atoms with Crippen LogP contribution in [0.1, 0.15) is 85.0 Å². The van der Waals surface area contributed by atoms with Gasteiger partial charge in [0.05, 0.1) is 17.8 Å². The van der Waals surface area contributed by atoms with Crippen molar-refractivity contribution in [1.29, 1.82) is 0 Å². The van der Waals surface area contributed by atoms with Crippen molar-refractivity contribution in [3.63, 3.8) is 0 Å². The van der Waals surface area contributed by atoms with Crippen molar-refractivity contribution in [2.24, 2.45) is 29.1 Å². The molecule has 0 bridgehead atoms. The van der Waals surface area contributed by atoms with Crippen LogP contribution in [0.3, 0.4) is 0 Å². The molecule has 2 saturated carbocycles. The van der Waals surface area contributed by atoms with Crippen molar-refractivity contribution in [2.45, 2.75) is 109 Å². The lowest BCUT2D eigenvalue weighted by molar-refractivity contribution is -0.0712. The normalized spacial score (nSPS) is 52.3. The molecule has 1 spiro atoms. The van der Waals surface area contributed by atoms with Crippen LogP contribution in [0.5, 0.6) is 0 Å². The van der Waals surface area contributed by atoms with Crippen molar-refractivity contribution in [3.05, 3.63) is 22.8 Å². The van der Waals surface area contributed by atoms with Crippen LogP contribution < -0.4 is 0 Å². The maximum atomic E-state index is 10.2. The number of nitrogens with zero attached hydrogens (tertiary/aromatic N) is 1. The average Bonchev–Trinajstić information content (AvgIpc) is 3.23. The Kier molecular flexibility index (Phi) is 4.85. The van der Waals surface area contributed by atoms with Crippen LogP contribution in [0.2, 0.25) is 0 Å². The van der Waals surface area contributed by atoms with E-state index in [4.69, 9.17) is 4.74 Å². The van der Waals surface area contributed by atoms with Gasteiger partial charge in [0.25, 0.3) is 0 Å². The van der Waals surface area contributed by atoms with E-state index in [0.29, 0.717) is 17.6 Å². The third kappa shape index (κ3) is 3.16. The second-order valence-electron chi connectivity index (χ2n) is 12.7. The molecule has 0 aromatic heterocycles. The van der Waals surface area contributed by atoms with Crippen molar-refractivity contribution >= 4 is 0 Å². The van der Waals surface area contributed by atoms with Gasteiger partial charge in [0.1, 0.15) is 0 Å². The summed E-state index contributed by atoms with van der Waals surface area (Å²) < 4.78 is 6.99. The molecule has 4 aliphatic carbocycles. The number of rotatable bonds is 0. The zero-order valence-corrected chi connectivity index (χ0v) is 20.2. The van der Waals surface area contributed by atoms with E-state index in [1.807, 2.05) is 5.57 Å². The summed E-state index contributed by atoms with van der Waals surface area (Å²) >= 11 is 0. The Morgan fingerprint density at radius 1 is 1.19 bits per heavy atom. The van der Waals surface area contributed by atoms with Crippen LogP contribution in [-0.2, 0) is 4.74 Å². The summed E-state index contributed by atoms with van der Waals surface area (Å²) in [5.41, 5.74) is 5.51. The standard InChI is InChI=1S/C28H43NO2/c1-17-11-26-25(29(4)16-17)15-28(31-26)10-8-21-22-6-5-19-12-20(30)7-9-27(19,3)24(22)13-23(21)18(2)14-28/h12,17,20-22,24-26,30H,5-11,13-16H2,1-4H3/t17-,20-,21-,22-,24-,25-,26+,27-,28-/m0/s1. The van der Waals surface area contributed by atoms with E-state index in [2.05, 4.69) is 38.8 Å². The monoisotopic (exact) mass is 425 g/mol. The molecule has 9 atom stereocenters. The number of allylic oxidation sites excluding steroid dienone is 2. The van der Waals surface area contributed by atoms with Gasteiger partial charge in [0.2, 0.25) is 0 Å². The Hall–Kier alpha value is -0.640. The highest BCUT2D eigenvalue weighted by atomic mass is 16.5. The van der Waals surface area contributed by atoms with E-state index in [-0.39, 0.29) is 11.7 Å². The lowest BCUT2D eigenvalue weighted by Crippen LogP contribution is -2.46. The summed E-state index contributed by atoms with van der Waals surface area (Å²) in [6, 6.07) is 0.634. The number of aliphatic hydroxyl groups is 1. The van der Waals surface area contributed by atoms with Gasteiger partial charge in [-0.25, -0.2) is 0 Å². The zero-order chi connectivity index (χ0) is 21.5. The SMILES string of the molecule is CC1=C2C[C@H]3[C@@H](CCC4=C[C@@H](O)CC[C@@]43C)[C@@H]2CC[C@]2(C1)C[C@H]1[C@@H](C[C@H](C)CN1C)O2. The molecule has 3 nitrogen and oxygen atoms in total. The van der Waals surface area contributed by atoms with Gasteiger partial charge in [0.15, 0.2) is 0 Å². The van der Waals surface area contributed by atoms with E-state index in [1.165, 1.54) is 64.3 Å². The predicted octanol–water partition coefficient (Wildman–Crippen LogP) is 5.49. The lowest BCUT2D eigenvalue weighted by Gasteiger charge is -2.49. The van der Waals surface area contributed by atoms with E-state index in [9.17, 15) is 5.11 Å². The van der Waals surface area contributed by atoms with E-state index >= 15 is 0 Å². The smallest absolute Gasteiger partial charge is 0.0741 e. The molecule has 4 fully saturated rings. The highest BCUT2D eigenvalue weighted by molar-refractivity contribution is 5.33. The first-order valence-electron chi connectivity index (χ1n) is 13.2. The summed E-state index contributed by atoms with van der Waals surface area (Å²) in [7, 11) is 2.33. The van der Waals surface area contributed by atoms with Crippen LogP contribution in [0.15, 0.2) is 22.8 Å². The van der Waals surface area contributed by atoms with Crippen LogP contribution in [-0.4, -0.2) is 47.4 Å². The van der Waals surface area contributed by atoms with Crippen molar-refractivity contribution in [3.8, 4) is 0 Å². The number of aliphatic hydroxyl groups excluding tert-OH is 1. The van der Waals surface area contributed by atoms with Crippen LogP contribution >= 0.6 is 0 Å². The topological polar surface area (TPSA) is 32.7 Å². The first kappa shape index (κ1) is 20.9. The van der Waals surface area contributed by atoms with E-state index in [0.717, 1.165) is 30.1 Å². The van der Waals surface area contributed by atoms with E-state index in [1.54, 1.807) is 11.1 Å². The van der Waals surface area contributed by atoms with Gasteiger partial charge in [-0.05, 0) is 107 Å². The molecule has 6 rings (SSSR count). The summed E-state index contributed by atoms with van der Waals surface area (Å²) in [5, 5.41) is 10.2. The van der Waals surface area contributed by atoms with Crippen molar-refractivity contribution in [2.75, 3.05) is 13.6 Å². The third-order valence-electron chi connectivity index (χ3n) is 10.8. The summed E-state index contributed by atoms with van der Waals surface area (Å²) in [4.78, 5) is 2.60. The molecule has 0 unspecified atom stereocenters. The largest absolute Gasteiger partial charge is 0.389 e. The van der Waals surface area contributed by atoms with Crippen molar-refractivity contribution in [1.82, 2.24) is 4.90 Å². The first-order chi connectivity index (χ1) is 14.8. The van der Waals surface area contributed by atoms with Gasteiger partial charge in [-0.1, -0.05) is 36.6 Å². The Morgan fingerprint density at radius 2 is 2.03 bits per heavy atom. The fraction of sp³-hybridized carbons (Fsp3) is 0.857. The number of hydrogen-bond donors (Lipinski definition) is 1. The molecular formula is C28H43NO2. The molecule has 2 saturated heterocycles. The number of piperidine rings is 1. The summed E-state index contributed by atoms with van der Waals surface area (Å²) in [5.74, 6) is 3.19. The highest BCUT2D eigenvalue weighted by Gasteiger charge is 2.56. The molecule has 172 valence electrons. The van der Waals surface area contributed by atoms with Gasteiger partial charge in [-0.3, -0.25) is 0 Å². The Balaban J connectivity index is 1.27. The fourth-order valence-electron chi connectivity index (χ4n) is 9.37. The second kappa shape index (κ2) is 7.18. The maximum absolute atomic E-state index is 10.2. The van der Waals surface area contributed by atoms with Crippen LogP contribution in [0, 0.1) is 29.1 Å². The molecule has 3 heteroatoms. The van der Waals surface area contributed by atoms with Gasteiger partial charge in [-0.15, -0.1) is 0 Å². The molecule has 0 radical (unpaired) electrons. The number of hydrogen-bond acceptors (Lipinski definition) is 3. The summed E-state index contributed by atoms with van der Waals surface area (Å²) in [6.07, 6.45) is 14.7. The first-order valence-corrected chi connectivity index (χ1v) is 13.2. The molecule has 6 aliphatic rings. The van der Waals surface area contributed by atoms with Gasteiger partial charge >= 0.3 is 0 Å². The number of fused-ring (bicyclic) bond motifs is 6. The molecule has 1 N–H and O–H groups in total. The van der Waals surface area contributed by atoms with Gasteiger partial charge in [0, 0.05) is 12.6 Å². The van der Waals surface area contributed by atoms with E-state index < -0.39 is 0 Å². The minimum absolute atomic E-state index is 0.100. The minimum Gasteiger partial charge on any atom is -0.389 e. The molecule has 0 aromatic carbocycles.